The third kappa shape index (κ3) is 4.02. The van der Waals surface area contributed by atoms with Crippen molar-refractivity contribution in [2.45, 2.75) is 50.4 Å². The van der Waals surface area contributed by atoms with Crippen molar-refractivity contribution in [2.24, 2.45) is 0 Å². The number of β-amino-alcohol motifs (C(OH)–C–C–N with tert-alkyl or cyclic N) is 1. The van der Waals surface area contributed by atoms with Gasteiger partial charge in [0.05, 0.1) is 25.3 Å². The maximum Gasteiger partial charge on any atom is 0.319 e. The molecule has 1 aromatic carbocycles. The summed E-state index contributed by atoms with van der Waals surface area (Å²) in [6.45, 7) is 6.52. The lowest BCUT2D eigenvalue weighted by Gasteiger charge is -2.31. The number of nitrogens with zero attached hydrogens (tertiary/aromatic N) is 4. The average Bonchev–Trinajstić information content (AvgIpc) is 3.17. The quantitative estimate of drug-likeness (QED) is 0.771. The van der Waals surface area contributed by atoms with Crippen LogP contribution in [0.15, 0.2) is 12.1 Å². The van der Waals surface area contributed by atoms with Gasteiger partial charge in [-0.1, -0.05) is 0 Å². The summed E-state index contributed by atoms with van der Waals surface area (Å²) in [7, 11) is 0. The normalized spacial score (nSPS) is 31.2. The van der Waals surface area contributed by atoms with Crippen molar-refractivity contribution in [1.29, 1.82) is 0 Å². The van der Waals surface area contributed by atoms with E-state index in [9.17, 15) is 13.9 Å². The summed E-state index contributed by atoms with van der Waals surface area (Å²) >= 11 is 0. The number of aromatic nitrogens is 2. The monoisotopic (exact) mass is 448 g/mol. The second-order valence-electron chi connectivity index (χ2n) is 9.81. The van der Waals surface area contributed by atoms with E-state index in [1.54, 1.807) is 6.92 Å². The SMILES string of the molecule is Cc1cc(F)c2nc(OC[C@@]34CCCN3C[C@H](F)C4)nc(N3CCOC[C@@](C)(O)C3)c2c1. The lowest BCUT2D eigenvalue weighted by Crippen LogP contribution is -2.44. The van der Waals surface area contributed by atoms with E-state index < -0.39 is 17.6 Å². The van der Waals surface area contributed by atoms with Gasteiger partial charge in [-0.15, -0.1) is 0 Å². The summed E-state index contributed by atoms with van der Waals surface area (Å²) in [5, 5.41) is 11.2. The van der Waals surface area contributed by atoms with E-state index in [1.165, 1.54) is 6.07 Å². The first kappa shape index (κ1) is 21.7. The van der Waals surface area contributed by atoms with Gasteiger partial charge in [-0.05, 0) is 50.9 Å². The molecular weight excluding hydrogens is 418 g/mol. The highest BCUT2D eigenvalue weighted by Crippen LogP contribution is 2.40. The first-order valence-corrected chi connectivity index (χ1v) is 11.3. The molecule has 2 aromatic rings. The number of hydrogen-bond donors (Lipinski definition) is 1. The van der Waals surface area contributed by atoms with Crippen LogP contribution in [0.25, 0.3) is 10.9 Å². The first-order valence-electron chi connectivity index (χ1n) is 11.3. The molecule has 0 spiro atoms. The van der Waals surface area contributed by atoms with Crippen LogP contribution >= 0.6 is 0 Å². The maximum absolute atomic E-state index is 14.9. The number of aliphatic hydroxyl groups is 1. The Morgan fingerprint density at radius 2 is 2.16 bits per heavy atom. The van der Waals surface area contributed by atoms with Crippen LogP contribution in [0.4, 0.5) is 14.6 Å². The maximum atomic E-state index is 14.9. The number of fused-ring (bicyclic) bond motifs is 2. The van der Waals surface area contributed by atoms with E-state index in [2.05, 4.69) is 14.9 Å². The molecule has 0 aliphatic carbocycles. The zero-order valence-electron chi connectivity index (χ0n) is 18.6. The molecule has 3 fully saturated rings. The summed E-state index contributed by atoms with van der Waals surface area (Å²) in [5.74, 6) is 0.0608. The van der Waals surface area contributed by atoms with Crippen molar-refractivity contribution >= 4 is 16.7 Å². The molecule has 9 heteroatoms. The topological polar surface area (TPSA) is 71.0 Å². The van der Waals surface area contributed by atoms with Crippen molar-refractivity contribution in [3.8, 4) is 6.01 Å². The number of alkyl halides is 1. The van der Waals surface area contributed by atoms with Crippen LogP contribution in [0.3, 0.4) is 0 Å². The lowest BCUT2D eigenvalue weighted by molar-refractivity contribution is -0.0123. The van der Waals surface area contributed by atoms with Crippen molar-refractivity contribution in [1.82, 2.24) is 14.9 Å². The van der Waals surface area contributed by atoms with Gasteiger partial charge in [0.15, 0.2) is 0 Å². The van der Waals surface area contributed by atoms with Crippen LogP contribution in [-0.2, 0) is 4.74 Å². The van der Waals surface area contributed by atoms with E-state index in [1.807, 2.05) is 17.9 Å². The third-order valence-corrected chi connectivity index (χ3v) is 6.84. The standard InChI is InChI=1S/C23H30F2N4O3/c1-15-8-17-19(18(25)9-15)26-21(27-20(17)28-6-7-31-13-22(2,30)12-28)32-14-23-4-3-5-29(23)11-16(24)10-23/h8-9,16,30H,3-7,10-14H2,1-2H3/t16-,22+,23+/m1/s1. The number of anilines is 1. The van der Waals surface area contributed by atoms with Gasteiger partial charge < -0.3 is 19.5 Å². The van der Waals surface area contributed by atoms with Gasteiger partial charge in [-0.2, -0.15) is 9.97 Å². The minimum absolute atomic E-state index is 0.0728. The highest BCUT2D eigenvalue weighted by atomic mass is 19.1. The fraction of sp³-hybridized carbons (Fsp3) is 0.652. The Kier molecular flexibility index (Phi) is 5.46. The molecule has 7 nitrogen and oxygen atoms in total. The molecule has 4 heterocycles. The van der Waals surface area contributed by atoms with Gasteiger partial charge in [0.1, 0.15) is 35.5 Å². The second-order valence-corrected chi connectivity index (χ2v) is 9.81. The van der Waals surface area contributed by atoms with Crippen LogP contribution in [0.5, 0.6) is 6.01 Å². The first-order chi connectivity index (χ1) is 15.2. The molecular formula is C23H30F2N4O3. The number of hydrogen-bond acceptors (Lipinski definition) is 7. The van der Waals surface area contributed by atoms with Crippen LogP contribution < -0.4 is 9.64 Å². The Labute approximate surface area is 186 Å². The smallest absolute Gasteiger partial charge is 0.319 e. The van der Waals surface area contributed by atoms with Gasteiger partial charge >= 0.3 is 6.01 Å². The molecule has 3 saturated heterocycles. The van der Waals surface area contributed by atoms with Gasteiger partial charge in [0.25, 0.3) is 0 Å². The molecule has 1 N–H and O–H groups in total. The van der Waals surface area contributed by atoms with E-state index in [4.69, 9.17) is 9.47 Å². The molecule has 174 valence electrons. The second kappa shape index (κ2) is 8.04. The van der Waals surface area contributed by atoms with Crippen molar-refractivity contribution < 1.29 is 23.4 Å². The lowest BCUT2D eigenvalue weighted by atomic mass is 9.95. The van der Waals surface area contributed by atoms with Crippen molar-refractivity contribution in [3.05, 3.63) is 23.5 Å². The van der Waals surface area contributed by atoms with Crippen LogP contribution in [-0.4, -0.2) is 83.3 Å². The largest absolute Gasteiger partial charge is 0.461 e. The predicted molar refractivity (Wildman–Crippen MR) is 116 cm³/mol. The highest BCUT2D eigenvalue weighted by molar-refractivity contribution is 5.91. The van der Waals surface area contributed by atoms with E-state index in [0.29, 0.717) is 37.3 Å². The molecule has 0 saturated carbocycles. The molecule has 3 aliphatic heterocycles. The minimum Gasteiger partial charge on any atom is -0.461 e. The van der Waals surface area contributed by atoms with Gasteiger partial charge in [0, 0.05) is 24.9 Å². The Balaban J connectivity index is 1.51. The molecule has 5 rings (SSSR count). The number of aryl methyl sites for hydroxylation is 1. The fourth-order valence-corrected chi connectivity index (χ4v) is 5.43. The summed E-state index contributed by atoms with van der Waals surface area (Å²) in [6.07, 6.45) is 1.46. The fourth-order valence-electron chi connectivity index (χ4n) is 5.43. The highest BCUT2D eigenvalue weighted by Gasteiger charge is 2.49. The van der Waals surface area contributed by atoms with Gasteiger partial charge in [0.2, 0.25) is 0 Å². The van der Waals surface area contributed by atoms with Crippen LogP contribution in [0.2, 0.25) is 0 Å². The Morgan fingerprint density at radius 1 is 1.31 bits per heavy atom. The molecule has 0 amide bonds. The molecule has 0 bridgehead atoms. The summed E-state index contributed by atoms with van der Waals surface area (Å²) in [5.41, 5.74) is -0.479. The van der Waals surface area contributed by atoms with E-state index >= 15 is 0 Å². The third-order valence-electron chi connectivity index (χ3n) is 6.84. The number of ether oxygens (including phenoxy) is 2. The summed E-state index contributed by atoms with van der Waals surface area (Å²) in [4.78, 5) is 13.1. The molecule has 0 radical (unpaired) electrons. The van der Waals surface area contributed by atoms with Gasteiger partial charge in [-0.3, -0.25) is 4.90 Å². The van der Waals surface area contributed by atoms with E-state index in [-0.39, 0.29) is 36.8 Å². The van der Waals surface area contributed by atoms with E-state index in [0.717, 1.165) is 24.9 Å². The number of benzene rings is 1. The Bertz CT molecular complexity index is 1020. The average molecular weight is 449 g/mol. The number of halogens is 2. The molecule has 1 aromatic heterocycles. The Morgan fingerprint density at radius 3 is 3.00 bits per heavy atom. The van der Waals surface area contributed by atoms with Crippen molar-refractivity contribution in [2.75, 3.05) is 50.9 Å². The summed E-state index contributed by atoms with van der Waals surface area (Å²) < 4.78 is 40.6. The van der Waals surface area contributed by atoms with Crippen LogP contribution in [0, 0.1) is 12.7 Å². The number of rotatable bonds is 4. The minimum atomic E-state index is -1.07. The van der Waals surface area contributed by atoms with Gasteiger partial charge in [-0.25, -0.2) is 8.78 Å². The molecule has 0 unspecified atom stereocenters. The predicted octanol–water partition coefficient (Wildman–Crippen LogP) is 2.62. The zero-order valence-corrected chi connectivity index (χ0v) is 18.6. The Hall–Kier alpha value is -2.10. The summed E-state index contributed by atoms with van der Waals surface area (Å²) in [6, 6.07) is 3.36. The molecule has 3 atom stereocenters. The zero-order chi connectivity index (χ0) is 22.5. The van der Waals surface area contributed by atoms with Crippen LogP contribution in [0.1, 0.15) is 31.7 Å². The van der Waals surface area contributed by atoms with Crippen molar-refractivity contribution in [3.63, 3.8) is 0 Å². The molecule has 3 aliphatic rings. The molecule has 32 heavy (non-hydrogen) atoms.